The average Bonchev–Trinajstić information content (AvgIpc) is 2.75. The molecule has 0 aliphatic carbocycles. The highest BCUT2D eigenvalue weighted by atomic mass is 35.5. The van der Waals surface area contributed by atoms with Gasteiger partial charge in [0.05, 0.1) is 16.9 Å². The van der Waals surface area contributed by atoms with Gasteiger partial charge in [-0.15, -0.1) is 0 Å². The molecule has 3 rings (SSSR count). The van der Waals surface area contributed by atoms with Crippen molar-refractivity contribution in [3.8, 4) is 16.9 Å². The number of benzene rings is 1. The third-order valence-electron chi connectivity index (χ3n) is 4.26. The summed E-state index contributed by atoms with van der Waals surface area (Å²) in [5.41, 5.74) is 2.85. The maximum absolute atomic E-state index is 14.5. The standard InChI is InChI=1S/C20H16ClFN2O2.C3H9N.C2H6/c1-11-7-13(3)24(20(26)18(11)21)17-8-16(23-9-12(17)2)15-6-4-5-14(10-25)19(15)22;1-4(2)3;1-2/h4-10H,1-3H3;1-3H3;1-2H3. The molecule has 5 nitrogen and oxygen atoms in total. The highest BCUT2D eigenvalue weighted by molar-refractivity contribution is 6.31. The van der Waals surface area contributed by atoms with Crippen molar-refractivity contribution in [2.24, 2.45) is 0 Å². The van der Waals surface area contributed by atoms with Crippen LogP contribution in [0, 0.1) is 26.6 Å². The Labute approximate surface area is 194 Å². The highest BCUT2D eigenvalue weighted by Crippen LogP contribution is 2.26. The van der Waals surface area contributed by atoms with E-state index in [0.717, 1.165) is 5.56 Å². The Balaban J connectivity index is 0.000000769. The van der Waals surface area contributed by atoms with E-state index in [1.165, 1.54) is 10.6 Å². The van der Waals surface area contributed by atoms with Gasteiger partial charge in [-0.1, -0.05) is 31.5 Å². The first-order valence-corrected chi connectivity index (χ1v) is 10.7. The van der Waals surface area contributed by atoms with Gasteiger partial charge in [-0.3, -0.25) is 19.1 Å². The lowest BCUT2D eigenvalue weighted by atomic mass is 10.1. The predicted octanol–water partition coefficient (Wildman–Crippen LogP) is 5.63. The molecule has 0 radical (unpaired) electrons. The molecule has 0 bridgehead atoms. The van der Waals surface area contributed by atoms with Gasteiger partial charge in [0.1, 0.15) is 10.8 Å². The molecule has 0 amide bonds. The molecule has 2 heterocycles. The van der Waals surface area contributed by atoms with Gasteiger partial charge in [-0.25, -0.2) is 4.39 Å². The minimum absolute atomic E-state index is 0.0434. The normalized spacial score (nSPS) is 10.1. The Bertz CT molecular complexity index is 1140. The number of pyridine rings is 2. The smallest absolute Gasteiger partial charge is 0.274 e. The maximum Gasteiger partial charge on any atom is 0.274 e. The number of aryl methyl sites for hydroxylation is 3. The summed E-state index contributed by atoms with van der Waals surface area (Å²) in [6.07, 6.45) is 2.03. The van der Waals surface area contributed by atoms with Crippen molar-refractivity contribution in [3.05, 3.63) is 80.1 Å². The van der Waals surface area contributed by atoms with Crippen LogP contribution in [0.3, 0.4) is 0 Å². The molecule has 2 aromatic heterocycles. The van der Waals surface area contributed by atoms with Crippen molar-refractivity contribution < 1.29 is 9.18 Å². The van der Waals surface area contributed by atoms with Crippen LogP contribution in [0.2, 0.25) is 5.02 Å². The van der Waals surface area contributed by atoms with Crippen molar-refractivity contribution in [2.75, 3.05) is 21.1 Å². The molecule has 0 N–H and O–H groups in total. The van der Waals surface area contributed by atoms with E-state index in [4.69, 9.17) is 11.6 Å². The highest BCUT2D eigenvalue weighted by Gasteiger charge is 2.16. The molecule has 172 valence electrons. The number of carbonyl (C=O) groups is 1. The first kappa shape index (κ1) is 27.2. The summed E-state index contributed by atoms with van der Waals surface area (Å²) in [4.78, 5) is 29.9. The van der Waals surface area contributed by atoms with Crippen LogP contribution in [-0.2, 0) is 0 Å². The summed E-state index contributed by atoms with van der Waals surface area (Å²) in [6.45, 7) is 9.38. The number of hydrogen-bond donors (Lipinski definition) is 0. The van der Waals surface area contributed by atoms with Crippen molar-refractivity contribution in [1.29, 1.82) is 0 Å². The van der Waals surface area contributed by atoms with Gasteiger partial charge >= 0.3 is 0 Å². The first-order valence-electron chi connectivity index (χ1n) is 10.3. The third-order valence-corrected chi connectivity index (χ3v) is 4.72. The summed E-state index contributed by atoms with van der Waals surface area (Å²) in [5, 5.41) is 0.141. The number of aromatic nitrogens is 2. The fraction of sp³-hybridized carbons (Fsp3) is 0.320. The van der Waals surface area contributed by atoms with Gasteiger partial charge in [0.2, 0.25) is 0 Å². The molecule has 0 saturated carbocycles. The van der Waals surface area contributed by atoms with Gasteiger partial charge in [-0.05, 0) is 77.3 Å². The number of hydrogen-bond acceptors (Lipinski definition) is 4. The monoisotopic (exact) mass is 459 g/mol. The van der Waals surface area contributed by atoms with Crippen molar-refractivity contribution in [3.63, 3.8) is 0 Å². The molecule has 0 atom stereocenters. The average molecular weight is 460 g/mol. The number of aldehydes is 1. The molecule has 7 heteroatoms. The van der Waals surface area contributed by atoms with Crippen molar-refractivity contribution in [2.45, 2.75) is 34.6 Å². The molecule has 0 fully saturated rings. The lowest BCUT2D eigenvalue weighted by molar-refractivity contribution is 0.112. The van der Waals surface area contributed by atoms with Crippen LogP contribution < -0.4 is 5.56 Å². The van der Waals surface area contributed by atoms with E-state index in [0.29, 0.717) is 28.9 Å². The van der Waals surface area contributed by atoms with Gasteiger partial charge in [0, 0.05) is 17.5 Å². The fourth-order valence-corrected chi connectivity index (χ4v) is 3.05. The minimum Gasteiger partial charge on any atom is -0.312 e. The zero-order valence-corrected chi connectivity index (χ0v) is 20.7. The summed E-state index contributed by atoms with van der Waals surface area (Å²) in [5.74, 6) is -0.643. The Kier molecular flexibility index (Phi) is 10.4. The Morgan fingerprint density at radius 3 is 2.22 bits per heavy atom. The van der Waals surface area contributed by atoms with Crippen LogP contribution in [0.5, 0.6) is 0 Å². The van der Waals surface area contributed by atoms with E-state index in [1.807, 2.05) is 52.9 Å². The zero-order chi connectivity index (χ0) is 24.6. The third kappa shape index (κ3) is 6.34. The van der Waals surface area contributed by atoms with E-state index >= 15 is 0 Å². The molecule has 3 aromatic rings. The molecule has 0 spiro atoms. The number of nitrogens with zero attached hydrogens (tertiary/aromatic N) is 3. The van der Waals surface area contributed by atoms with Crippen LogP contribution in [0.4, 0.5) is 4.39 Å². The van der Waals surface area contributed by atoms with Gasteiger partial charge in [0.25, 0.3) is 5.56 Å². The van der Waals surface area contributed by atoms with Crippen LogP contribution >= 0.6 is 11.6 Å². The molecule has 32 heavy (non-hydrogen) atoms. The second kappa shape index (κ2) is 12.3. The van der Waals surface area contributed by atoms with Crippen molar-refractivity contribution in [1.82, 2.24) is 14.5 Å². The summed E-state index contributed by atoms with van der Waals surface area (Å²) in [7, 11) is 6.00. The summed E-state index contributed by atoms with van der Waals surface area (Å²) in [6, 6.07) is 7.97. The van der Waals surface area contributed by atoms with Crippen LogP contribution in [0.25, 0.3) is 16.9 Å². The van der Waals surface area contributed by atoms with Gasteiger partial charge in [-0.2, -0.15) is 0 Å². The van der Waals surface area contributed by atoms with Gasteiger partial charge < -0.3 is 4.90 Å². The molecule has 1 aromatic carbocycles. The maximum atomic E-state index is 14.5. The largest absolute Gasteiger partial charge is 0.312 e. The lowest BCUT2D eigenvalue weighted by Crippen LogP contribution is -2.22. The summed E-state index contributed by atoms with van der Waals surface area (Å²) < 4.78 is 16.0. The quantitative estimate of drug-likeness (QED) is 0.476. The summed E-state index contributed by atoms with van der Waals surface area (Å²) >= 11 is 6.13. The van der Waals surface area contributed by atoms with E-state index < -0.39 is 5.82 Å². The molecular formula is C25H31ClFN3O2. The fourth-order valence-electron chi connectivity index (χ4n) is 2.91. The molecule has 0 aliphatic rings. The number of carbonyl (C=O) groups excluding carboxylic acids is 1. The second-order valence-electron chi connectivity index (χ2n) is 7.45. The Hall–Kier alpha value is -2.83. The second-order valence-corrected chi connectivity index (χ2v) is 7.83. The van der Waals surface area contributed by atoms with Crippen molar-refractivity contribution >= 4 is 17.9 Å². The minimum atomic E-state index is -0.643. The van der Waals surface area contributed by atoms with Gasteiger partial charge in [0.15, 0.2) is 6.29 Å². The SMILES string of the molecule is CC.CN(C)C.Cc1cnc(-c2cccc(C=O)c2F)cc1-n1c(C)cc(C)c(Cl)c1=O. The van der Waals surface area contributed by atoms with Crippen LogP contribution in [0.1, 0.15) is 41.0 Å². The van der Waals surface area contributed by atoms with Crippen LogP contribution in [-0.4, -0.2) is 41.9 Å². The lowest BCUT2D eigenvalue weighted by Gasteiger charge is -2.15. The van der Waals surface area contributed by atoms with Crippen LogP contribution in [0.15, 0.2) is 41.3 Å². The Morgan fingerprint density at radius 1 is 1.06 bits per heavy atom. The van der Waals surface area contributed by atoms with E-state index in [2.05, 4.69) is 4.98 Å². The number of rotatable bonds is 3. The molecular weight excluding hydrogens is 429 g/mol. The molecule has 0 saturated heterocycles. The predicted molar refractivity (Wildman–Crippen MR) is 131 cm³/mol. The topological polar surface area (TPSA) is 55.2 Å². The first-order chi connectivity index (χ1) is 15.1. The van der Waals surface area contributed by atoms with E-state index in [-0.39, 0.29) is 21.7 Å². The van der Waals surface area contributed by atoms with E-state index in [9.17, 15) is 14.0 Å². The number of halogens is 2. The molecule has 0 aliphatic heterocycles. The van der Waals surface area contributed by atoms with E-state index in [1.54, 1.807) is 38.2 Å². The zero-order valence-electron chi connectivity index (χ0n) is 20.0. The molecule has 0 unspecified atom stereocenters. The Morgan fingerprint density at radius 2 is 1.66 bits per heavy atom.